The highest BCUT2D eigenvalue weighted by Crippen LogP contribution is 2.20. The lowest BCUT2D eigenvalue weighted by Gasteiger charge is -2.08. The van der Waals surface area contributed by atoms with Gasteiger partial charge in [-0.2, -0.15) is 0 Å². The van der Waals surface area contributed by atoms with Gasteiger partial charge in [0, 0.05) is 18.4 Å². The number of nitrogen functional groups attached to an aromatic ring is 1. The largest absolute Gasteiger partial charge is 0.396 e. The Bertz CT molecular complexity index is 597. The molecule has 104 valence electrons. The van der Waals surface area contributed by atoms with Crippen molar-refractivity contribution in [3.63, 3.8) is 0 Å². The average Bonchev–Trinajstić information content (AvgIpc) is 2.33. The molecule has 1 aromatic carbocycles. The van der Waals surface area contributed by atoms with Crippen LogP contribution in [0.3, 0.4) is 0 Å². The lowest BCUT2D eigenvalue weighted by Crippen LogP contribution is -2.27. The van der Waals surface area contributed by atoms with Crippen LogP contribution in [0.4, 0.5) is 14.5 Å². The predicted octanol–water partition coefficient (Wildman–Crippen LogP) is 1.19. The third-order valence-corrected chi connectivity index (χ3v) is 4.40. The highest BCUT2D eigenvalue weighted by molar-refractivity contribution is 7.99. The first kappa shape index (κ1) is 15.8. The molecule has 0 amide bonds. The van der Waals surface area contributed by atoms with Gasteiger partial charge in [-0.1, -0.05) is 5.92 Å². The van der Waals surface area contributed by atoms with Gasteiger partial charge in [0.25, 0.3) is 0 Å². The summed E-state index contributed by atoms with van der Waals surface area (Å²) >= 11 is 1.36. The van der Waals surface area contributed by atoms with Gasteiger partial charge in [-0.3, -0.25) is 0 Å². The van der Waals surface area contributed by atoms with E-state index in [1.165, 1.54) is 11.8 Å². The predicted molar refractivity (Wildman–Crippen MR) is 72.1 cm³/mol. The molecule has 0 aromatic heterocycles. The van der Waals surface area contributed by atoms with Crippen molar-refractivity contribution >= 4 is 27.5 Å². The normalized spacial score (nSPS) is 11.2. The summed E-state index contributed by atoms with van der Waals surface area (Å²) in [6.45, 7) is 0.0887. The maximum Gasteiger partial charge on any atom is 0.243 e. The molecule has 0 fully saturated rings. The number of benzene rings is 1. The smallest absolute Gasteiger partial charge is 0.243 e. The zero-order valence-electron chi connectivity index (χ0n) is 9.82. The van der Waals surface area contributed by atoms with Crippen molar-refractivity contribution in [2.24, 2.45) is 0 Å². The quantitative estimate of drug-likeness (QED) is 0.470. The summed E-state index contributed by atoms with van der Waals surface area (Å²) in [6, 6.07) is 1.19. The van der Waals surface area contributed by atoms with Gasteiger partial charge >= 0.3 is 0 Å². The maximum absolute atomic E-state index is 13.4. The molecule has 0 heterocycles. The Morgan fingerprint density at radius 3 is 2.68 bits per heavy atom. The molecule has 0 atom stereocenters. The number of sulfonamides is 1. The molecule has 0 saturated carbocycles. The minimum atomic E-state index is -4.05. The SMILES string of the molecule is C#CCSCCNS(=O)(=O)c1cc(N)c(F)cc1F. The number of hydrogen-bond donors (Lipinski definition) is 2. The summed E-state index contributed by atoms with van der Waals surface area (Å²) < 4.78 is 52.1. The van der Waals surface area contributed by atoms with Crippen molar-refractivity contribution in [2.75, 3.05) is 23.8 Å². The monoisotopic (exact) mass is 306 g/mol. The van der Waals surface area contributed by atoms with Gasteiger partial charge in [0.15, 0.2) is 0 Å². The molecule has 3 N–H and O–H groups in total. The van der Waals surface area contributed by atoms with E-state index in [1.807, 2.05) is 0 Å². The third-order valence-electron chi connectivity index (χ3n) is 2.06. The van der Waals surface area contributed by atoms with Gasteiger partial charge in [0.1, 0.15) is 16.5 Å². The highest BCUT2D eigenvalue weighted by atomic mass is 32.2. The van der Waals surface area contributed by atoms with E-state index in [0.29, 0.717) is 17.6 Å². The number of nitrogens with one attached hydrogen (secondary N) is 1. The van der Waals surface area contributed by atoms with E-state index in [4.69, 9.17) is 12.2 Å². The fraction of sp³-hybridized carbons (Fsp3) is 0.273. The summed E-state index contributed by atoms with van der Waals surface area (Å²) in [5, 5.41) is 0. The fourth-order valence-electron chi connectivity index (χ4n) is 1.21. The van der Waals surface area contributed by atoms with Crippen LogP contribution < -0.4 is 10.5 Å². The standard InChI is InChI=1S/C11H12F2N2O2S2/c1-2-4-18-5-3-15-19(16,17)11-7-10(14)8(12)6-9(11)13/h1,6-7,15H,3-5,14H2. The van der Waals surface area contributed by atoms with Crippen LogP contribution in [0.15, 0.2) is 17.0 Å². The molecule has 0 aliphatic heterocycles. The van der Waals surface area contributed by atoms with E-state index < -0.39 is 32.2 Å². The van der Waals surface area contributed by atoms with Crippen LogP contribution >= 0.6 is 11.8 Å². The van der Waals surface area contributed by atoms with E-state index in [9.17, 15) is 17.2 Å². The zero-order chi connectivity index (χ0) is 14.5. The second-order valence-electron chi connectivity index (χ2n) is 3.46. The van der Waals surface area contributed by atoms with Gasteiger partial charge in [-0.05, 0) is 6.07 Å². The first-order valence-corrected chi connectivity index (χ1v) is 7.77. The molecule has 0 bridgehead atoms. The van der Waals surface area contributed by atoms with Gasteiger partial charge in [0.05, 0.1) is 11.4 Å². The van der Waals surface area contributed by atoms with E-state index in [1.54, 1.807) is 0 Å². The molecule has 0 aliphatic rings. The lowest BCUT2D eigenvalue weighted by molar-refractivity contribution is 0.546. The van der Waals surface area contributed by atoms with E-state index in [2.05, 4.69) is 10.6 Å². The molecule has 0 saturated heterocycles. The minimum absolute atomic E-state index is 0.0887. The number of terminal acetylenes is 1. The van der Waals surface area contributed by atoms with Crippen LogP contribution in [0.1, 0.15) is 0 Å². The van der Waals surface area contributed by atoms with Gasteiger partial charge in [-0.25, -0.2) is 21.9 Å². The number of rotatable bonds is 6. The second kappa shape index (κ2) is 6.75. The van der Waals surface area contributed by atoms with Crippen LogP contribution in [0.5, 0.6) is 0 Å². The number of thioether (sulfide) groups is 1. The van der Waals surface area contributed by atoms with Crippen LogP contribution in [0.2, 0.25) is 0 Å². The van der Waals surface area contributed by atoms with Crippen molar-refractivity contribution in [2.45, 2.75) is 4.90 Å². The van der Waals surface area contributed by atoms with Crippen molar-refractivity contribution in [1.29, 1.82) is 0 Å². The molecule has 1 rings (SSSR count). The highest BCUT2D eigenvalue weighted by Gasteiger charge is 2.20. The van der Waals surface area contributed by atoms with Crippen LogP contribution in [-0.2, 0) is 10.0 Å². The fourth-order valence-corrected chi connectivity index (χ4v) is 2.97. The molecule has 19 heavy (non-hydrogen) atoms. The van der Waals surface area contributed by atoms with Crippen molar-refractivity contribution in [1.82, 2.24) is 4.72 Å². The Hall–Kier alpha value is -1.30. The Morgan fingerprint density at radius 2 is 2.05 bits per heavy atom. The maximum atomic E-state index is 13.4. The van der Waals surface area contributed by atoms with Gasteiger partial charge in [-0.15, -0.1) is 18.2 Å². The van der Waals surface area contributed by atoms with Crippen molar-refractivity contribution in [3.8, 4) is 12.3 Å². The Balaban J connectivity index is 2.78. The first-order chi connectivity index (χ1) is 8.88. The van der Waals surface area contributed by atoms with E-state index in [0.717, 1.165) is 6.07 Å². The van der Waals surface area contributed by atoms with Crippen LogP contribution in [0.25, 0.3) is 0 Å². The topological polar surface area (TPSA) is 72.2 Å². The molecular weight excluding hydrogens is 294 g/mol. The summed E-state index contributed by atoms with van der Waals surface area (Å²) in [5.74, 6) is 1.11. The van der Waals surface area contributed by atoms with Crippen molar-refractivity contribution < 1.29 is 17.2 Å². The molecule has 0 unspecified atom stereocenters. The van der Waals surface area contributed by atoms with E-state index in [-0.39, 0.29) is 6.54 Å². The van der Waals surface area contributed by atoms with Gasteiger partial charge in [0.2, 0.25) is 10.0 Å². The van der Waals surface area contributed by atoms with E-state index >= 15 is 0 Å². The minimum Gasteiger partial charge on any atom is -0.396 e. The third kappa shape index (κ3) is 4.38. The first-order valence-electron chi connectivity index (χ1n) is 5.14. The lowest BCUT2D eigenvalue weighted by atomic mass is 10.3. The number of halogens is 2. The Morgan fingerprint density at radius 1 is 1.37 bits per heavy atom. The number of hydrogen-bond acceptors (Lipinski definition) is 4. The zero-order valence-corrected chi connectivity index (χ0v) is 11.5. The Labute approximate surface area is 114 Å². The second-order valence-corrected chi connectivity index (χ2v) is 6.30. The average molecular weight is 306 g/mol. The van der Waals surface area contributed by atoms with Crippen molar-refractivity contribution in [3.05, 3.63) is 23.8 Å². The number of nitrogens with two attached hydrogens (primary N) is 1. The molecule has 1 aromatic rings. The molecule has 0 spiro atoms. The summed E-state index contributed by atoms with van der Waals surface area (Å²) in [7, 11) is -4.05. The molecule has 0 radical (unpaired) electrons. The molecule has 4 nitrogen and oxygen atoms in total. The van der Waals surface area contributed by atoms with Gasteiger partial charge < -0.3 is 5.73 Å². The summed E-state index contributed by atoms with van der Waals surface area (Å²) in [5.41, 5.74) is 4.79. The van der Waals surface area contributed by atoms with Crippen LogP contribution in [0, 0.1) is 24.0 Å². The number of anilines is 1. The molecule has 0 aliphatic carbocycles. The molecule has 8 heteroatoms. The van der Waals surface area contributed by atoms with Crippen LogP contribution in [-0.4, -0.2) is 26.5 Å². The Kier molecular flexibility index (Phi) is 5.60. The summed E-state index contributed by atoms with van der Waals surface area (Å²) in [4.78, 5) is -0.673. The molecular formula is C11H12F2N2O2S2. The summed E-state index contributed by atoms with van der Waals surface area (Å²) in [6.07, 6.45) is 5.03.